The highest BCUT2D eigenvalue weighted by Crippen LogP contribution is 2.25. The number of nitrogens with zero attached hydrogens (tertiary/aromatic N) is 2. The van der Waals surface area contributed by atoms with E-state index in [1.165, 1.54) is 36.2 Å². The molecule has 1 aliphatic carbocycles. The van der Waals surface area contributed by atoms with E-state index in [9.17, 15) is 18.0 Å². The van der Waals surface area contributed by atoms with E-state index < -0.39 is 28.5 Å². The van der Waals surface area contributed by atoms with Crippen molar-refractivity contribution >= 4 is 56.6 Å². The molecule has 0 bridgehead atoms. The number of likely N-dealkylation sites (N-methyl/N-ethyl adjacent to an activating group) is 1. The third-order valence-electron chi connectivity index (χ3n) is 6.57. The molecule has 1 saturated carbocycles. The summed E-state index contributed by atoms with van der Waals surface area (Å²) in [6.45, 7) is 1.40. The molecule has 2 aromatic rings. The SMILES string of the molecule is CC[C@@H](C(=O)NC1CCCCC1)N(Cc1ccc(Cl)cc1Cl)C(=O)CN(C)S(=O)(=O)c1ccc(Cl)cc1. The largest absolute Gasteiger partial charge is 0.352 e. The van der Waals surface area contributed by atoms with Gasteiger partial charge in [0.2, 0.25) is 21.8 Å². The summed E-state index contributed by atoms with van der Waals surface area (Å²) in [5, 5.41) is 4.30. The summed E-state index contributed by atoms with van der Waals surface area (Å²) in [5.41, 5.74) is 0.603. The van der Waals surface area contributed by atoms with E-state index in [4.69, 9.17) is 34.8 Å². The molecule has 1 atom stereocenters. The number of carbonyl (C=O) groups excluding carboxylic acids is 2. The van der Waals surface area contributed by atoms with Gasteiger partial charge < -0.3 is 10.2 Å². The van der Waals surface area contributed by atoms with Crippen molar-refractivity contribution in [1.29, 1.82) is 0 Å². The Labute approximate surface area is 234 Å². The highest BCUT2D eigenvalue weighted by molar-refractivity contribution is 7.89. The van der Waals surface area contributed by atoms with Crippen LogP contribution in [0.1, 0.15) is 51.0 Å². The van der Waals surface area contributed by atoms with Gasteiger partial charge in [0.15, 0.2) is 0 Å². The molecule has 0 unspecified atom stereocenters. The van der Waals surface area contributed by atoms with Crippen LogP contribution in [0.2, 0.25) is 15.1 Å². The van der Waals surface area contributed by atoms with Crippen LogP contribution in [-0.2, 0) is 26.2 Å². The lowest BCUT2D eigenvalue weighted by Gasteiger charge is -2.33. The first-order valence-electron chi connectivity index (χ1n) is 12.3. The summed E-state index contributed by atoms with van der Waals surface area (Å²) in [6, 6.07) is 9.92. The third kappa shape index (κ3) is 7.83. The van der Waals surface area contributed by atoms with E-state index in [0.29, 0.717) is 27.1 Å². The maximum absolute atomic E-state index is 13.6. The lowest BCUT2D eigenvalue weighted by atomic mass is 9.95. The van der Waals surface area contributed by atoms with Crippen LogP contribution in [0, 0.1) is 0 Å². The van der Waals surface area contributed by atoms with Crippen LogP contribution < -0.4 is 5.32 Å². The van der Waals surface area contributed by atoms with Gasteiger partial charge in [-0.15, -0.1) is 0 Å². The van der Waals surface area contributed by atoms with E-state index in [2.05, 4.69) is 5.32 Å². The van der Waals surface area contributed by atoms with E-state index in [-0.39, 0.29) is 23.4 Å². The van der Waals surface area contributed by atoms with Gasteiger partial charge in [0, 0.05) is 34.7 Å². The Balaban J connectivity index is 1.86. The molecule has 37 heavy (non-hydrogen) atoms. The molecule has 2 aromatic carbocycles. The highest BCUT2D eigenvalue weighted by atomic mass is 35.5. The summed E-state index contributed by atoms with van der Waals surface area (Å²) in [7, 11) is -2.63. The topological polar surface area (TPSA) is 86.8 Å². The van der Waals surface area contributed by atoms with E-state index in [1.54, 1.807) is 18.2 Å². The van der Waals surface area contributed by atoms with Gasteiger partial charge in [0.1, 0.15) is 6.04 Å². The number of rotatable bonds is 10. The third-order valence-corrected chi connectivity index (χ3v) is 9.23. The second kappa shape index (κ2) is 13.3. The van der Waals surface area contributed by atoms with Crippen molar-refractivity contribution in [3.63, 3.8) is 0 Å². The lowest BCUT2D eigenvalue weighted by molar-refractivity contribution is -0.141. The van der Waals surface area contributed by atoms with Crippen molar-refractivity contribution < 1.29 is 18.0 Å². The van der Waals surface area contributed by atoms with Crippen molar-refractivity contribution in [2.24, 2.45) is 0 Å². The van der Waals surface area contributed by atoms with Crippen LogP contribution in [0.15, 0.2) is 47.4 Å². The number of hydrogen-bond donors (Lipinski definition) is 1. The zero-order valence-electron chi connectivity index (χ0n) is 20.9. The molecule has 0 radical (unpaired) electrons. The van der Waals surface area contributed by atoms with Crippen LogP contribution in [0.3, 0.4) is 0 Å². The number of carbonyl (C=O) groups is 2. The van der Waals surface area contributed by atoms with Crippen LogP contribution in [0.25, 0.3) is 0 Å². The fraction of sp³-hybridized carbons (Fsp3) is 0.462. The first kappa shape index (κ1) is 29.7. The summed E-state index contributed by atoms with van der Waals surface area (Å²) < 4.78 is 27.1. The molecule has 2 amide bonds. The molecule has 0 aromatic heterocycles. The second-order valence-electron chi connectivity index (χ2n) is 9.24. The Kier molecular flexibility index (Phi) is 10.7. The van der Waals surface area contributed by atoms with Gasteiger partial charge in [-0.3, -0.25) is 9.59 Å². The first-order valence-corrected chi connectivity index (χ1v) is 14.9. The van der Waals surface area contributed by atoms with Crippen molar-refractivity contribution in [2.75, 3.05) is 13.6 Å². The van der Waals surface area contributed by atoms with E-state index in [1.807, 2.05) is 6.92 Å². The molecular weight excluding hydrogens is 557 g/mol. The molecule has 202 valence electrons. The monoisotopic (exact) mass is 587 g/mol. The maximum atomic E-state index is 13.6. The minimum Gasteiger partial charge on any atom is -0.352 e. The number of benzene rings is 2. The van der Waals surface area contributed by atoms with Gasteiger partial charge in [0.05, 0.1) is 11.4 Å². The summed E-state index contributed by atoms with van der Waals surface area (Å²) in [4.78, 5) is 28.4. The van der Waals surface area contributed by atoms with Gasteiger partial charge in [-0.05, 0) is 61.2 Å². The smallest absolute Gasteiger partial charge is 0.243 e. The molecule has 0 aliphatic heterocycles. The van der Waals surface area contributed by atoms with Crippen molar-refractivity contribution in [3.8, 4) is 0 Å². The Bertz CT molecular complexity index is 1200. The molecule has 7 nitrogen and oxygen atoms in total. The second-order valence-corrected chi connectivity index (χ2v) is 12.6. The number of hydrogen-bond acceptors (Lipinski definition) is 4. The summed E-state index contributed by atoms with van der Waals surface area (Å²) in [5.74, 6) is -0.771. The molecule has 11 heteroatoms. The number of amides is 2. The van der Waals surface area contributed by atoms with Crippen molar-refractivity contribution in [2.45, 2.75) is 69.0 Å². The van der Waals surface area contributed by atoms with Crippen LogP contribution in [-0.4, -0.2) is 55.1 Å². The Morgan fingerprint density at radius 2 is 1.62 bits per heavy atom. The Morgan fingerprint density at radius 1 is 1.00 bits per heavy atom. The number of nitrogens with one attached hydrogen (secondary N) is 1. The average molecular weight is 589 g/mol. The number of sulfonamides is 1. The predicted octanol–water partition coefficient (Wildman–Crippen LogP) is 5.52. The number of halogens is 3. The van der Waals surface area contributed by atoms with E-state index in [0.717, 1.165) is 36.4 Å². The molecule has 1 fully saturated rings. The molecule has 1 N–H and O–H groups in total. The van der Waals surface area contributed by atoms with Gasteiger partial charge >= 0.3 is 0 Å². The van der Waals surface area contributed by atoms with Gasteiger partial charge in [0.25, 0.3) is 0 Å². The molecule has 0 spiro atoms. The standard InChI is InChI=1S/C26H32Cl3N3O4S/c1-3-24(26(34)30-21-7-5-4-6-8-21)32(16-18-9-10-20(28)15-23(18)29)25(33)17-31(2)37(35,36)22-13-11-19(27)12-14-22/h9-15,21,24H,3-8,16-17H2,1-2H3,(H,30,34)/t24-/m0/s1. The zero-order chi connectivity index (χ0) is 27.2. The van der Waals surface area contributed by atoms with Crippen LogP contribution in [0.5, 0.6) is 0 Å². The van der Waals surface area contributed by atoms with Gasteiger partial charge in [-0.2, -0.15) is 4.31 Å². The van der Waals surface area contributed by atoms with Crippen molar-refractivity contribution in [3.05, 3.63) is 63.1 Å². The fourth-order valence-corrected chi connectivity index (χ4v) is 6.16. The molecule has 0 heterocycles. The minimum atomic E-state index is -3.96. The summed E-state index contributed by atoms with van der Waals surface area (Å²) in [6.07, 6.45) is 5.42. The predicted molar refractivity (Wildman–Crippen MR) is 147 cm³/mol. The normalized spacial score (nSPS) is 15.4. The zero-order valence-corrected chi connectivity index (χ0v) is 24.0. The van der Waals surface area contributed by atoms with E-state index >= 15 is 0 Å². The van der Waals surface area contributed by atoms with Crippen molar-refractivity contribution in [1.82, 2.24) is 14.5 Å². The molecular formula is C26H32Cl3N3O4S. The van der Waals surface area contributed by atoms with Gasteiger partial charge in [-0.25, -0.2) is 8.42 Å². The fourth-order valence-electron chi connectivity index (χ4n) is 4.45. The first-order chi connectivity index (χ1) is 17.5. The minimum absolute atomic E-state index is 0.0154. The highest BCUT2D eigenvalue weighted by Gasteiger charge is 2.33. The Morgan fingerprint density at radius 3 is 2.22 bits per heavy atom. The van der Waals surface area contributed by atoms with Crippen LogP contribution >= 0.6 is 34.8 Å². The molecule has 3 rings (SSSR count). The van der Waals surface area contributed by atoms with Crippen LogP contribution in [0.4, 0.5) is 0 Å². The van der Waals surface area contributed by atoms with Gasteiger partial charge in [-0.1, -0.05) is 67.1 Å². The maximum Gasteiger partial charge on any atom is 0.243 e. The lowest BCUT2D eigenvalue weighted by Crippen LogP contribution is -2.53. The summed E-state index contributed by atoms with van der Waals surface area (Å²) >= 11 is 18.3. The molecule has 0 saturated heterocycles. The average Bonchev–Trinajstić information content (AvgIpc) is 2.86. The Hall–Kier alpha value is -1.84. The molecule has 1 aliphatic rings. The quantitative estimate of drug-likeness (QED) is 0.396.